The second-order valence-electron chi connectivity index (χ2n) is 5.70. The van der Waals surface area contributed by atoms with Crippen LogP contribution in [0.5, 0.6) is 17.2 Å². The van der Waals surface area contributed by atoms with Crippen LogP contribution in [-0.4, -0.2) is 12.8 Å². The molecule has 3 heteroatoms. The summed E-state index contributed by atoms with van der Waals surface area (Å²) in [6.45, 7) is 4.98. The summed E-state index contributed by atoms with van der Waals surface area (Å²) in [5.41, 5.74) is 1.01. The van der Waals surface area contributed by atoms with E-state index in [4.69, 9.17) is 9.47 Å². The molecule has 0 saturated carbocycles. The van der Waals surface area contributed by atoms with Crippen LogP contribution in [0.25, 0.3) is 0 Å². The molecule has 3 aromatic rings. The fourth-order valence-electron chi connectivity index (χ4n) is 2.78. The van der Waals surface area contributed by atoms with Crippen LogP contribution in [0.2, 0.25) is 0 Å². The summed E-state index contributed by atoms with van der Waals surface area (Å²) in [4.78, 5) is 2.19. The molecule has 1 atom stereocenters. The lowest BCUT2D eigenvalue weighted by molar-refractivity contribution is 0.215. The van der Waals surface area contributed by atoms with Crippen LogP contribution in [0.3, 0.4) is 0 Å². The highest BCUT2D eigenvalue weighted by atomic mass is 16.5. The molecule has 0 amide bonds. The van der Waals surface area contributed by atoms with Gasteiger partial charge in [0, 0.05) is 6.54 Å². The van der Waals surface area contributed by atoms with Gasteiger partial charge in [-0.1, -0.05) is 48.5 Å². The summed E-state index contributed by atoms with van der Waals surface area (Å²) in [5.74, 6) is 2.50. The van der Waals surface area contributed by atoms with Crippen molar-refractivity contribution < 1.29 is 9.47 Å². The van der Waals surface area contributed by atoms with Crippen molar-refractivity contribution in [2.24, 2.45) is 0 Å². The third kappa shape index (κ3) is 4.32. The van der Waals surface area contributed by atoms with Crippen LogP contribution in [0.1, 0.15) is 13.8 Å². The maximum absolute atomic E-state index is 6.10. The van der Waals surface area contributed by atoms with Crippen LogP contribution in [-0.2, 0) is 0 Å². The van der Waals surface area contributed by atoms with E-state index >= 15 is 0 Å². The van der Waals surface area contributed by atoms with E-state index < -0.39 is 0 Å². The maximum atomic E-state index is 6.10. The second kappa shape index (κ2) is 8.25. The molecular formula is C22H23NO2. The predicted octanol–water partition coefficient (Wildman–Crippen LogP) is 5.73. The average molecular weight is 333 g/mol. The molecule has 0 heterocycles. The molecule has 25 heavy (non-hydrogen) atoms. The van der Waals surface area contributed by atoms with Crippen molar-refractivity contribution in [3.63, 3.8) is 0 Å². The Hall–Kier alpha value is -2.94. The van der Waals surface area contributed by atoms with E-state index in [1.54, 1.807) is 0 Å². The van der Waals surface area contributed by atoms with Gasteiger partial charge in [-0.15, -0.1) is 0 Å². The number of rotatable bonds is 7. The van der Waals surface area contributed by atoms with E-state index in [9.17, 15) is 0 Å². The molecule has 0 fully saturated rings. The molecule has 0 aliphatic heterocycles. The number of ether oxygens (including phenoxy) is 2. The Morgan fingerprint density at radius 2 is 1.32 bits per heavy atom. The summed E-state index contributed by atoms with van der Waals surface area (Å²) < 4.78 is 12.2. The number of para-hydroxylation sites is 4. The number of nitrogens with zero attached hydrogens (tertiary/aromatic N) is 1. The van der Waals surface area contributed by atoms with Gasteiger partial charge < -0.3 is 14.4 Å². The summed E-state index contributed by atoms with van der Waals surface area (Å²) in [6.07, 6.45) is -0.118. The van der Waals surface area contributed by atoms with Crippen LogP contribution in [0, 0.1) is 0 Å². The summed E-state index contributed by atoms with van der Waals surface area (Å²) >= 11 is 0. The normalized spacial score (nSPS) is 11.6. The van der Waals surface area contributed by atoms with Gasteiger partial charge in [-0.3, -0.25) is 0 Å². The van der Waals surface area contributed by atoms with Crippen LogP contribution < -0.4 is 14.4 Å². The Bertz CT molecular complexity index is 774. The van der Waals surface area contributed by atoms with E-state index in [0.29, 0.717) is 0 Å². The molecule has 0 aliphatic rings. The lowest BCUT2D eigenvalue weighted by Gasteiger charge is -2.31. The van der Waals surface area contributed by atoms with Crippen molar-refractivity contribution in [1.82, 2.24) is 0 Å². The Labute approximate surface area is 149 Å². The van der Waals surface area contributed by atoms with Crippen molar-refractivity contribution in [3.05, 3.63) is 84.9 Å². The van der Waals surface area contributed by atoms with Crippen molar-refractivity contribution in [2.45, 2.75) is 20.1 Å². The van der Waals surface area contributed by atoms with E-state index in [2.05, 4.69) is 24.8 Å². The van der Waals surface area contributed by atoms with Gasteiger partial charge in [-0.25, -0.2) is 0 Å². The molecule has 128 valence electrons. The van der Waals surface area contributed by atoms with Crippen LogP contribution in [0.15, 0.2) is 84.9 Å². The van der Waals surface area contributed by atoms with Gasteiger partial charge in [0.05, 0.1) is 5.69 Å². The monoisotopic (exact) mass is 333 g/mol. The lowest BCUT2D eigenvalue weighted by Crippen LogP contribution is -2.37. The predicted molar refractivity (Wildman–Crippen MR) is 103 cm³/mol. The molecule has 0 aliphatic carbocycles. The highest BCUT2D eigenvalue weighted by molar-refractivity contribution is 5.60. The lowest BCUT2D eigenvalue weighted by atomic mass is 10.2. The minimum Gasteiger partial charge on any atom is -0.471 e. The SMILES string of the molecule is CCN(c1ccccc1Oc1ccccc1)C(C)Oc1ccccc1. The minimum absolute atomic E-state index is 0.118. The molecule has 3 aromatic carbocycles. The van der Waals surface area contributed by atoms with Crippen molar-refractivity contribution in [1.29, 1.82) is 0 Å². The first kappa shape index (κ1) is 16.9. The number of benzene rings is 3. The van der Waals surface area contributed by atoms with Crippen LogP contribution >= 0.6 is 0 Å². The highest BCUT2D eigenvalue weighted by Crippen LogP contribution is 2.33. The van der Waals surface area contributed by atoms with E-state index in [-0.39, 0.29) is 6.23 Å². The molecule has 3 nitrogen and oxygen atoms in total. The van der Waals surface area contributed by atoms with Crippen LogP contribution in [0.4, 0.5) is 5.69 Å². The first-order valence-electron chi connectivity index (χ1n) is 8.58. The molecule has 0 spiro atoms. The third-order valence-electron chi connectivity index (χ3n) is 3.98. The van der Waals surface area contributed by atoms with Gasteiger partial charge in [-0.2, -0.15) is 0 Å². The molecule has 0 saturated heterocycles. The summed E-state index contributed by atoms with van der Waals surface area (Å²) in [7, 11) is 0. The molecule has 1 unspecified atom stereocenters. The smallest absolute Gasteiger partial charge is 0.169 e. The zero-order valence-electron chi connectivity index (χ0n) is 14.6. The quantitative estimate of drug-likeness (QED) is 0.515. The maximum Gasteiger partial charge on any atom is 0.169 e. The Morgan fingerprint density at radius 3 is 1.96 bits per heavy atom. The van der Waals surface area contributed by atoms with Gasteiger partial charge in [0.2, 0.25) is 0 Å². The Balaban J connectivity index is 1.83. The number of hydrogen-bond acceptors (Lipinski definition) is 3. The first-order chi connectivity index (χ1) is 12.3. The largest absolute Gasteiger partial charge is 0.471 e. The van der Waals surface area contributed by atoms with E-state index in [0.717, 1.165) is 29.5 Å². The molecule has 0 aromatic heterocycles. The fraction of sp³-hybridized carbons (Fsp3) is 0.182. The van der Waals surface area contributed by atoms with Gasteiger partial charge >= 0.3 is 0 Å². The van der Waals surface area contributed by atoms with E-state index in [1.807, 2.05) is 78.9 Å². The highest BCUT2D eigenvalue weighted by Gasteiger charge is 2.18. The molecule has 0 bridgehead atoms. The Kier molecular flexibility index (Phi) is 5.57. The zero-order valence-corrected chi connectivity index (χ0v) is 14.6. The number of hydrogen-bond donors (Lipinski definition) is 0. The first-order valence-corrected chi connectivity index (χ1v) is 8.58. The standard InChI is InChI=1S/C22H23NO2/c1-3-23(18(2)24-19-12-6-4-7-13-19)21-16-10-11-17-22(21)25-20-14-8-5-9-15-20/h4-18H,3H2,1-2H3. The van der Waals surface area contributed by atoms with Gasteiger partial charge in [0.25, 0.3) is 0 Å². The summed E-state index contributed by atoms with van der Waals surface area (Å²) in [5, 5.41) is 0. The van der Waals surface area contributed by atoms with Crippen molar-refractivity contribution in [2.75, 3.05) is 11.4 Å². The van der Waals surface area contributed by atoms with Crippen molar-refractivity contribution in [3.8, 4) is 17.2 Å². The van der Waals surface area contributed by atoms with Gasteiger partial charge in [0.1, 0.15) is 11.5 Å². The second-order valence-corrected chi connectivity index (χ2v) is 5.70. The molecule has 3 rings (SSSR count). The van der Waals surface area contributed by atoms with E-state index in [1.165, 1.54) is 0 Å². The van der Waals surface area contributed by atoms with Crippen molar-refractivity contribution >= 4 is 5.69 Å². The topological polar surface area (TPSA) is 21.7 Å². The Morgan fingerprint density at radius 1 is 0.760 bits per heavy atom. The molecule has 0 radical (unpaired) electrons. The number of anilines is 1. The van der Waals surface area contributed by atoms with Gasteiger partial charge in [-0.05, 0) is 50.2 Å². The van der Waals surface area contributed by atoms with Gasteiger partial charge in [0.15, 0.2) is 12.0 Å². The third-order valence-corrected chi connectivity index (χ3v) is 3.98. The average Bonchev–Trinajstić information content (AvgIpc) is 2.65. The zero-order chi connectivity index (χ0) is 17.5. The fourth-order valence-corrected chi connectivity index (χ4v) is 2.78. The minimum atomic E-state index is -0.118. The summed E-state index contributed by atoms with van der Waals surface area (Å²) in [6, 6.07) is 27.8. The molecule has 0 N–H and O–H groups in total. The molecular weight excluding hydrogens is 310 g/mol.